The van der Waals surface area contributed by atoms with Crippen LogP contribution in [-0.4, -0.2) is 35.9 Å². The lowest BCUT2D eigenvalue weighted by Gasteiger charge is -2.32. The third kappa shape index (κ3) is 7.70. The molecule has 0 bridgehead atoms. The number of nitrogens with zero attached hydrogens (tertiary/aromatic N) is 1. The van der Waals surface area contributed by atoms with Gasteiger partial charge in [0.1, 0.15) is 11.8 Å². The minimum absolute atomic E-state index is 0.142. The summed E-state index contributed by atoms with van der Waals surface area (Å²) in [7, 11) is 0. The molecule has 3 aromatic rings. The molecule has 0 unspecified atom stereocenters. The van der Waals surface area contributed by atoms with Gasteiger partial charge in [-0.25, -0.2) is 0 Å². The van der Waals surface area contributed by atoms with Crippen molar-refractivity contribution in [2.24, 2.45) is 5.92 Å². The SMILES string of the molecule is Cc1ccc(OCC(=O)N(Cc2ccccc2C)[C@@H](Cc2ccccc2)C(=O)NCC(C)C)cc1C. The second-order valence-corrected chi connectivity index (χ2v) is 9.83. The van der Waals surface area contributed by atoms with Crippen molar-refractivity contribution >= 4 is 11.8 Å². The van der Waals surface area contributed by atoms with E-state index in [4.69, 9.17) is 4.74 Å². The largest absolute Gasteiger partial charge is 0.484 e. The van der Waals surface area contributed by atoms with E-state index in [0.29, 0.717) is 31.2 Å². The molecule has 2 amide bonds. The van der Waals surface area contributed by atoms with Crippen molar-refractivity contribution in [3.8, 4) is 5.75 Å². The molecule has 190 valence electrons. The van der Waals surface area contributed by atoms with Crippen LogP contribution < -0.4 is 10.1 Å². The van der Waals surface area contributed by atoms with Crippen LogP contribution in [0.3, 0.4) is 0 Å². The van der Waals surface area contributed by atoms with Crippen LogP contribution >= 0.6 is 0 Å². The molecule has 0 aromatic heterocycles. The molecule has 0 spiro atoms. The lowest BCUT2D eigenvalue weighted by atomic mass is 10.0. The molecule has 3 aromatic carbocycles. The first-order valence-electron chi connectivity index (χ1n) is 12.6. The Bertz CT molecular complexity index is 1160. The molecule has 1 atom stereocenters. The highest BCUT2D eigenvalue weighted by atomic mass is 16.5. The van der Waals surface area contributed by atoms with Gasteiger partial charge in [-0.1, -0.05) is 74.5 Å². The fourth-order valence-corrected chi connectivity index (χ4v) is 3.98. The maximum atomic E-state index is 13.7. The summed E-state index contributed by atoms with van der Waals surface area (Å²) in [6.07, 6.45) is 0.423. The van der Waals surface area contributed by atoms with Crippen molar-refractivity contribution in [2.75, 3.05) is 13.2 Å². The van der Waals surface area contributed by atoms with E-state index < -0.39 is 6.04 Å². The average Bonchev–Trinajstić information content (AvgIpc) is 2.86. The maximum absolute atomic E-state index is 13.7. The standard InChI is InChI=1S/C31H38N2O3/c1-22(2)19-32-31(35)29(18-26-12-7-6-8-13-26)33(20-27-14-10-9-11-24(27)4)30(34)21-36-28-16-15-23(3)25(5)17-28/h6-17,22,29H,18-21H2,1-5H3,(H,32,35)/t29-/m0/s1. The topological polar surface area (TPSA) is 58.6 Å². The Hall–Kier alpha value is -3.60. The summed E-state index contributed by atoms with van der Waals surface area (Å²) in [4.78, 5) is 28.8. The number of carbonyl (C=O) groups is 2. The van der Waals surface area contributed by atoms with Crippen LogP contribution in [0, 0.1) is 26.7 Å². The molecule has 36 heavy (non-hydrogen) atoms. The summed E-state index contributed by atoms with van der Waals surface area (Å²) in [5, 5.41) is 3.05. The predicted octanol–water partition coefficient (Wildman–Crippen LogP) is 5.40. The normalized spacial score (nSPS) is 11.7. The van der Waals surface area contributed by atoms with Crippen molar-refractivity contribution in [3.63, 3.8) is 0 Å². The van der Waals surface area contributed by atoms with Crippen molar-refractivity contribution in [1.29, 1.82) is 0 Å². The Morgan fingerprint density at radius 2 is 1.56 bits per heavy atom. The van der Waals surface area contributed by atoms with E-state index in [1.165, 1.54) is 5.56 Å². The van der Waals surface area contributed by atoms with Crippen LogP contribution in [0.15, 0.2) is 72.8 Å². The second kappa shape index (κ2) is 12.9. The number of benzene rings is 3. The number of aryl methyl sites for hydroxylation is 3. The van der Waals surface area contributed by atoms with Gasteiger partial charge in [0.15, 0.2) is 6.61 Å². The average molecular weight is 487 g/mol. The monoisotopic (exact) mass is 486 g/mol. The molecule has 0 aliphatic heterocycles. The number of hydrogen-bond acceptors (Lipinski definition) is 3. The number of amides is 2. The van der Waals surface area contributed by atoms with E-state index in [1.54, 1.807) is 4.90 Å². The summed E-state index contributed by atoms with van der Waals surface area (Å²) < 4.78 is 5.91. The smallest absolute Gasteiger partial charge is 0.261 e. The highest BCUT2D eigenvalue weighted by Crippen LogP contribution is 2.19. The van der Waals surface area contributed by atoms with E-state index in [0.717, 1.165) is 22.3 Å². The summed E-state index contributed by atoms with van der Waals surface area (Å²) in [6.45, 7) is 10.9. The fourth-order valence-electron chi connectivity index (χ4n) is 3.98. The van der Waals surface area contributed by atoms with Gasteiger partial charge in [-0.05, 0) is 66.6 Å². The maximum Gasteiger partial charge on any atom is 0.261 e. The van der Waals surface area contributed by atoms with E-state index in [-0.39, 0.29) is 18.4 Å². The number of nitrogens with one attached hydrogen (secondary N) is 1. The minimum Gasteiger partial charge on any atom is -0.484 e. The molecule has 0 radical (unpaired) electrons. The van der Waals surface area contributed by atoms with Crippen molar-refractivity contribution in [2.45, 2.75) is 53.6 Å². The van der Waals surface area contributed by atoms with Gasteiger partial charge in [0.25, 0.3) is 5.91 Å². The zero-order valence-corrected chi connectivity index (χ0v) is 22.1. The third-order valence-electron chi connectivity index (χ3n) is 6.40. The van der Waals surface area contributed by atoms with E-state index >= 15 is 0 Å². The molecule has 5 heteroatoms. The quantitative estimate of drug-likeness (QED) is 0.395. The summed E-state index contributed by atoms with van der Waals surface area (Å²) in [6, 6.07) is 22.9. The molecule has 0 aliphatic rings. The second-order valence-electron chi connectivity index (χ2n) is 9.83. The first kappa shape index (κ1) is 27.0. The molecule has 1 N–H and O–H groups in total. The molecule has 0 saturated carbocycles. The Kier molecular flexibility index (Phi) is 9.69. The van der Waals surface area contributed by atoms with Crippen LogP contribution in [0.5, 0.6) is 5.75 Å². The number of ether oxygens (including phenoxy) is 1. The molecule has 0 fully saturated rings. The van der Waals surface area contributed by atoms with Crippen LogP contribution in [0.2, 0.25) is 0 Å². The molecule has 0 saturated heterocycles. The molecular weight excluding hydrogens is 448 g/mol. The van der Waals surface area contributed by atoms with E-state index in [1.807, 2.05) is 93.6 Å². The Labute approximate surface area is 215 Å². The van der Waals surface area contributed by atoms with Gasteiger partial charge in [-0.2, -0.15) is 0 Å². The Morgan fingerprint density at radius 1 is 0.861 bits per heavy atom. The van der Waals surface area contributed by atoms with Gasteiger partial charge in [-0.3, -0.25) is 9.59 Å². The van der Waals surface area contributed by atoms with E-state index in [9.17, 15) is 9.59 Å². The van der Waals surface area contributed by atoms with Crippen molar-refractivity contribution in [1.82, 2.24) is 10.2 Å². The lowest BCUT2D eigenvalue weighted by molar-refractivity contribution is -0.142. The van der Waals surface area contributed by atoms with Gasteiger partial charge in [0.2, 0.25) is 5.91 Å². The van der Waals surface area contributed by atoms with Gasteiger partial charge in [0.05, 0.1) is 0 Å². The van der Waals surface area contributed by atoms with Gasteiger partial charge >= 0.3 is 0 Å². The van der Waals surface area contributed by atoms with Crippen molar-refractivity contribution < 1.29 is 14.3 Å². The molecule has 0 heterocycles. The Balaban J connectivity index is 1.91. The zero-order valence-electron chi connectivity index (χ0n) is 22.1. The minimum atomic E-state index is -0.665. The van der Waals surface area contributed by atoms with Crippen LogP contribution in [-0.2, 0) is 22.6 Å². The van der Waals surface area contributed by atoms with Crippen molar-refractivity contribution in [3.05, 3.63) is 101 Å². The lowest BCUT2D eigenvalue weighted by Crippen LogP contribution is -2.52. The van der Waals surface area contributed by atoms with Crippen LogP contribution in [0.1, 0.15) is 41.7 Å². The Morgan fingerprint density at radius 3 is 2.22 bits per heavy atom. The first-order chi connectivity index (χ1) is 17.2. The fraction of sp³-hybridized carbons (Fsp3) is 0.355. The molecular formula is C31H38N2O3. The van der Waals surface area contributed by atoms with Crippen LogP contribution in [0.25, 0.3) is 0 Å². The van der Waals surface area contributed by atoms with Gasteiger partial charge in [0, 0.05) is 19.5 Å². The highest BCUT2D eigenvalue weighted by Gasteiger charge is 2.31. The molecule has 3 rings (SSSR count). The van der Waals surface area contributed by atoms with E-state index in [2.05, 4.69) is 19.2 Å². The van der Waals surface area contributed by atoms with Gasteiger partial charge < -0.3 is 15.0 Å². The number of carbonyl (C=O) groups excluding carboxylic acids is 2. The summed E-state index contributed by atoms with van der Waals surface area (Å²) >= 11 is 0. The zero-order chi connectivity index (χ0) is 26.1. The first-order valence-corrected chi connectivity index (χ1v) is 12.6. The van der Waals surface area contributed by atoms with Gasteiger partial charge in [-0.15, -0.1) is 0 Å². The summed E-state index contributed by atoms with van der Waals surface area (Å²) in [5.74, 6) is 0.573. The third-order valence-corrected chi connectivity index (χ3v) is 6.40. The highest BCUT2D eigenvalue weighted by molar-refractivity contribution is 5.88. The van der Waals surface area contributed by atoms with Crippen LogP contribution in [0.4, 0.5) is 0 Å². The summed E-state index contributed by atoms with van der Waals surface area (Å²) in [5.41, 5.74) is 5.35. The number of rotatable bonds is 11. The number of hydrogen-bond donors (Lipinski definition) is 1. The molecule has 0 aliphatic carbocycles. The predicted molar refractivity (Wildman–Crippen MR) is 145 cm³/mol. The molecule has 5 nitrogen and oxygen atoms in total.